The number of hydrogen-bond donors (Lipinski definition) is 2. The summed E-state index contributed by atoms with van der Waals surface area (Å²) in [4.78, 5) is 41.1. The van der Waals surface area contributed by atoms with Gasteiger partial charge in [-0.25, -0.2) is 4.79 Å². The standard InChI is InChI=1S/C18H15N5O4S/c1-21-16(25)14-13(9-3-5-22-6-4-9)10(8-19)15(20)23-17(26)11(28-18(14)23)7-12(24)27-2/h3-7,13H,20H2,1-2H3,(H,21,25)/b11-7-/t13-/m1/s1. The summed E-state index contributed by atoms with van der Waals surface area (Å²) in [6.07, 6.45) is 4.10. The molecule has 0 saturated heterocycles. The van der Waals surface area contributed by atoms with Gasteiger partial charge in [-0.15, -0.1) is 11.3 Å². The number of hydrogen-bond acceptors (Lipinski definition) is 8. The van der Waals surface area contributed by atoms with Gasteiger partial charge in [0.15, 0.2) is 0 Å². The maximum absolute atomic E-state index is 12.8. The Bertz CT molecular complexity index is 1220. The van der Waals surface area contributed by atoms with Crippen LogP contribution in [0.2, 0.25) is 0 Å². The number of pyridine rings is 1. The molecule has 3 rings (SSSR count). The molecule has 28 heavy (non-hydrogen) atoms. The summed E-state index contributed by atoms with van der Waals surface area (Å²) in [6, 6.07) is 5.35. The number of rotatable bonds is 3. The third-order valence-electron chi connectivity index (χ3n) is 4.23. The van der Waals surface area contributed by atoms with Gasteiger partial charge in [-0.1, -0.05) is 0 Å². The SMILES string of the molecule is CNC(=O)C1=c2s/c(=C\C(=O)OC)c(=O)n2C(N)=C(C#N)[C@H]1c1ccncc1. The average Bonchev–Trinajstić information content (AvgIpc) is 3.03. The van der Waals surface area contributed by atoms with Gasteiger partial charge in [0.25, 0.3) is 11.5 Å². The zero-order valence-corrected chi connectivity index (χ0v) is 15.7. The van der Waals surface area contributed by atoms with Gasteiger partial charge in [-0.3, -0.25) is 19.1 Å². The van der Waals surface area contributed by atoms with Crippen molar-refractivity contribution < 1.29 is 14.3 Å². The number of fused-ring (bicyclic) bond motifs is 1. The van der Waals surface area contributed by atoms with Crippen LogP contribution in [0.15, 0.2) is 34.9 Å². The Morgan fingerprint density at radius 3 is 2.68 bits per heavy atom. The summed E-state index contributed by atoms with van der Waals surface area (Å²) in [5.41, 5.74) is 6.41. The number of carbonyl (C=O) groups excluding carboxylic acids is 2. The Labute approximate surface area is 162 Å². The van der Waals surface area contributed by atoms with Gasteiger partial charge >= 0.3 is 5.97 Å². The van der Waals surface area contributed by atoms with Gasteiger partial charge in [0.2, 0.25) is 0 Å². The molecule has 1 aliphatic rings. The van der Waals surface area contributed by atoms with E-state index < -0.39 is 23.4 Å². The topological polar surface area (TPSA) is 140 Å². The van der Waals surface area contributed by atoms with Crippen LogP contribution in [0.4, 0.5) is 0 Å². The maximum atomic E-state index is 12.8. The second-order valence-corrected chi connectivity index (χ2v) is 6.73. The maximum Gasteiger partial charge on any atom is 0.332 e. The van der Waals surface area contributed by atoms with E-state index in [4.69, 9.17) is 5.73 Å². The lowest BCUT2D eigenvalue weighted by Crippen LogP contribution is -2.41. The molecule has 0 bridgehead atoms. The molecule has 2 aromatic rings. The number of thiazole rings is 1. The number of allylic oxidation sites excluding steroid dienone is 1. The molecular formula is C18H15N5O4S. The number of aromatic nitrogens is 2. The first-order chi connectivity index (χ1) is 13.4. The van der Waals surface area contributed by atoms with Gasteiger partial charge in [0.05, 0.1) is 30.2 Å². The van der Waals surface area contributed by atoms with Gasteiger partial charge in [-0.05, 0) is 17.7 Å². The van der Waals surface area contributed by atoms with Crippen LogP contribution in [0.3, 0.4) is 0 Å². The largest absolute Gasteiger partial charge is 0.466 e. The average molecular weight is 397 g/mol. The number of nitrogens with zero attached hydrogens (tertiary/aromatic N) is 3. The Morgan fingerprint density at radius 2 is 2.11 bits per heavy atom. The summed E-state index contributed by atoms with van der Waals surface area (Å²) in [5.74, 6) is -2.05. The monoisotopic (exact) mass is 397 g/mol. The van der Waals surface area contributed by atoms with Crippen molar-refractivity contribution in [2.24, 2.45) is 5.73 Å². The molecular weight excluding hydrogens is 382 g/mol. The number of nitrogens with two attached hydrogens (primary N) is 1. The van der Waals surface area contributed by atoms with Crippen LogP contribution in [-0.4, -0.2) is 35.6 Å². The van der Waals surface area contributed by atoms with Crippen molar-refractivity contribution in [2.75, 3.05) is 14.2 Å². The molecule has 142 valence electrons. The van der Waals surface area contributed by atoms with Crippen molar-refractivity contribution in [3.8, 4) is 6.07 Å². The summed E-state index contributed by atoms with van der Waals surface area (Å²) in [7, 11) is 2.64. The van der Waals surface area contributed by atoms with Crippen LogP contribution in [0.1, 0.15) is 11.5 Å². The lowest BCUT2D eigenvalue weighted by molar-refractivity contribution is -0.133. The molecule has 3 heterocycles. The van der Waals surface area contributed by atoms with E-state index in [1.54, 1.807) is 12.1 Å². The minimum atomic E-state index is -0.781. The molecule has 3 N–H and O–H groups in total. The normalized spacial score (nSPS) is 16.4. The molecule has 9 nitrogen and oxygen atoms in total. The minimum absolute atomic E-state index is 0.0406. The Balaban J connectivity index is 2.49. The van der Waals surface area contributed by atoms with Crippen LogP contribution >= 0.6 is 11.3 Å². The number of esters is 1. The van der Waals surface area contributed by atoms with E-state index in [1.165, 1.54) is 26.6 Å². The minimum Gasteiger partial charge on any atom is -0.466 e. The number of nitrogens with one attached hydrogen (secondary N) is 1. The molecule has 1 aliphatic heterocycles. The molecule has 0 spiro atoms. The molecule has 0 fully saturated rings. The van der Waals surface area contributed by atoms with Crippen molar-refractivity contribution in [1.82, 2.24) is 14.9 Å². The Morgan fingerprint density at radius 1 is 1.43 bits per heavy atom. The molecule has 2 aromatic heterocycles. The number of ether oxygens (including phenoxy) is 1. The lowest BCUT2D eigenvalue weighted by atomic mass is 9.84. The summed E-state index contributed by atoms with van der Waals surface area (Å²) < 4.78 is 5.94. The van der Waals surface area contributed by atoms with Gasteiger partial charge in [0, 0.05) is 25.5 Å². The number of nitriles is 1. The molecule has 1 amide bonds. The van der Waals surface area contributed by atoms with E-state index >= 15 is 0 Å². The fraction of sp³-hybridized carbons (Fsp3) is 0.167. The molecule has 10 heteroatoms. The number of amides is 1. The van der Waals surface area contributed by atoms with Crippen LogP contribution in [0, 0.1) is 11.3 Å². The van der Waals surface area contributed by atoms with Crippen LogP contribution in [0.25, 0.3) is 17.5 Å². The first-order valence-corrected chi connectivity index (χ1v) is 8.84. The van der Waals surface area contributed by atoms with E-state index in [2.05, 4.69) is 15.0 Å². The number of methoxy groups -OCH3 is 1. The Kier molecular flexibility index (Phi) is 5.10. The first-order valence-electron chi connectivity index (χ1n) is 8.02. The first kappa shape index (κ1) is 19.1. The molecule has 0 saturated carbocycles. The summed E-state index contributed by atoms with van der Waals surface area (Å²) in [5, 5.41) is 12.3. The molecule has 0 aliphatic carbocycles. The quantitative estimate of drug-likeness (QED) is 0.607. The van der Waals surface area contributed by atoms with Crippen molar-refractivity contribution in [1.29, 1.82) is 5.26 Å². The van der Waals surface area contributed by atoms with Crippen LogP contribution in [-0.2, 0) is 14.3 Å². The van der Waals surface area contributed by atoms with E-state index in [0.717, 1.165) is 22.0 Å². The lowest BCUT2D eigenvalue weighted by Gasteiger charge is -2.24. The van der Waals surface area contributed by atoms with E-state index in [0.29, 0.717) is 5.56 Å². The second-order valence-electron chi connectivity index (χ2n) is 5.70. The van der Waals surface area contributed by atoms with Crippen molar-refractivity contribution in [3.63, 3.8) is 0 Å². The molecule has 0 aromatic carbocycles. The highest BCUT2D eigenvalue weighted by Crippen LogP contribution is 2.35. The molecule has 0 radical (unpaired) electrons. The fourth-order valence-corrected chi connectivity index (χ4v) is 4.09. The zero-order valence-electron chi connectivity index (χ0n) is 14.9. The highest BCUT2D eigenvalue weighted by atomic mass is 32.1. The van der Waals surface area contributed by atoms with Crippen LogP contribution in [0.5, 0.6) is 0 Å². The third-order valence-corrected chi connectivity index (χ3v) is 5.34. The zero-order chi connectivity index (χ0) is 20.4. The van der Waals surface area contributed by atoms with Gasteiger partial charge < -0.3 is 15.8 Å². The highest BCUT2D eigenvalue weighted by Gasteiger charge is 2.35. The van der Waals surface area contributed by atoms with E-state index in [-0.39, 0.29) is 26.2 Å². The second kappa shape index (κ2) is 7.50. The van der Waals surface area contributed by atoms with Crippen molar-refractivity contribution in [3.05, 3.63) is 55.2 Å². The Hall–Kier alpha value is -3.71. The van der Waals surface area contributed by atoms with Gasteiger partial charge in [0.1, 0.15) is 15.0 Å². The van der Waals surface area contributed by atoms with Crippen molar-refractivity contribution in [2.45, 2.75) is 5.92 Å². The third kappa shape index (κ3) is 2.97. The predicted molar refractivity (Wildman–Crippen MR) is 102 cm³/mol. The summed E-state index contributed by atoms with van der Waals surface area (Å²) in [6.45, 7) is 0. The smallest absolute Gasteiger partial charge is 0.332 e. The molecule has 1 atom stereocenters. The molecule has 0 unspecified atom stereocenters. The fourth-order valence-electron chi connectivity index (χ4n) is 2.96. The number of carbonyl (C=O) groups is 2. The van der Waals surface area contributed by atoms with Gasteiger partial charge in [-0.2, -0.15) is 5.26 Å². The summed E-state index contributed by atoms with van der Waals surface area (Å²) >= 11 is 0.929. The highest BCUT2D eigenvalue weighted by molar-refractivity contribution is 7.07. The van der Waals surface area contributed by atoms with E-state index in [9.17, 15) is 19.6 Å². The predicted octanol–water partition coefficient (Wildman–Crippen LogP) is -1.40. The van der Waals surface area contributed by atoms with Crippen LogP contribution < -0.4 is 25.8 Å². The van der Waals surface area contributed by atoms with Crippen molar-refractivity contribution >= 4 is 40.7 Å². The van der Waals surface area contributed by atoms with E-state index in [1.807, 2.05) is 6.07 Å².